The number of nitrogens with one attached hydrogen (secondary N) is 2. The van der Waals surface area contributed by atoms with E-state index in [-0.39, 0.29) is 18.5 Å². The van der Waals surface area contributed by atoms with Gasteiger partial charge in [0.15, 0.2) is 0 Å². The predicted octanol–water partition coefficient (Wildman–Crippen LogP) is 3.90. The van der Waals surface area contributed by atoms with Crippen molar-refractivity contribution in [1.29, 1.82) is 0 Å². The van der Waals surface area contributed by atoms with Gasteiger partial charge in [0.05, 0.1) is 6.54 Å². The number of halogens is 1. The van der Waals surface area contributed by atoms with E-state index in [1.54, 1.807) is 12.1 Å². The molecule has 2 aromatic rings. The molecule has 4 nitrogen and oxygen atoms in total. The first-order valence-corrected chi connectivity index (χ1v) is 7.62. The van der Waals surface area contributed by atoms with Crippen LogP contribution >= 0.6 is 0 Å². The van der Waals surface area contributed by atoms with Crippen molar-refractivity contribution in [2.24, 2.45) is 0 Å². The minimum Gasteiger partial charge on any atom is -0.492 e. The summed E-state index contributed by atoms with van der Waals surface area (Å²) in [6.07, 6.45) is 0.847. The number of rotatable bonds is 6. The molecule has 122 valence electrons. The Balaban J connectivity index is 1.80. The van der Waals surface area contributed by atoms with Crippen molar-refractivity contribution in [3.8, 4) is 5.75 Å². The molecule has 0 saturated carbocycles. The zero-order chi connectivity index (χ0) is 16.7. The van der Waals surface area contributed by atoms with E-state index >= 15 is 0 Å². The first kappa shape index (κ1) is 16.8. The number of hydrogen-bond acceptors (Lipinski definition) is 2. The molecular formula is C18H21FN2O2. The Bertz CT molecular complexity index is 674. The number of aryl methyl sites for hydroxylation is 2. The molecule has 0 saturated heterocycles. The Morgan fingerprint density at radius 1 is 1.22 bits per heavy atom. The number of hydrogen-bond donors (Lipinski definition) is 2. The van der Waals surface area contributed by atoms with E-state index in [4.69, 9.17) is 4.74 Å². The van der Waals surface area contributed by atoms with Crippen molar-refractivity contribution >= 4 is 11.7 Å². The third-order valence-corrected chi connectivity index (χ3v) is 3.43. The minimum absolute atomic E-state index is 0.269. The lowest BCUT2D eigenvalue weighted by Crippen LogP contribution is -2.32. The summed E-state index contributed by atoms with van der Waals surface area (Å²) in [4.78, 5) is 12.0. The maximum absolute atomic E-state index is 13.0. The van der Waals surface area contributed by atoms with Crippen LogP contribution in [0.15, 0.2) is 42.5 Å². The molecule has 5 heteroatoms. The fourth-order valence-corrected chi connectivity index (χ4v) is 2.25. The molecule has 0 heterocycles. The van der Waals surface area contributed by atoms with Gasteiger partial charge in [0.1, 0.15) is 18.2 Å². The Kier molecular flexibility index (Phi) is 5.97. The molecule has 2 N–H and O–H groups in total. The van der Waals surface area contributed by atoms with Crippen LogP contribution in [0.2, 0.25) is 0 Å². The zero-order valence-corrected chi connectivity index (χ0v) is 13.4. The number of carbonyl (C=O) groups excluding carboxylic acids is 1. The van der Waals surface area contributed by atoms with E-state index in [1.165, 1.54) is 12.1 Å². The highest BCUT2D eigenvalue weighted by molar-refractivity contribution is 5.91. The number of benzene rings is 2. The highest BCUT2D eigenvalue weighted by atomic mass is 19.1. The normalized spacial score (nSPS) is 10.2. The van der Waals surface area contributed by atoms with Crippen molar-refractivity contribution in [1.82, 2.24) is 5.32 Å². The maximum Gasteiger partial charge on any atom is 0.319 e. The van der Waals surface area contributed by atoms with Gasteiger partial charge in [-0.05, 0) is 36.6 Å². The molecule has 2 aromatic carbocycles. The number of carbonyl (C=O) groups is 1. The highest BCUT2D eigenvalue weighted by Crippen LogP contribution is 2.20. The van der Waals surface area contributed by atoms with Gasteiger partial charge in [0.2, 0.25) is 0 Å². The first-order chi connectivity index (χ1) is 11.1. The van der Waals surface area contributed by atoms with Gasteiger partial charge < -0.3 is 15.4 Å². The number of anilines is 1. The van der Waals surface area contributed by atoms with E-state index < -0.39 is 0 Å². The quantitative estimate of drug-likeness (QED) is 0.794. The fraction of sp³-hybridized carbons (Fsp3) is 0.278. The molecule has 0 fully saturated rings. The van der Waals surface area contributed by atoms with Crippen LogP contribution in [0.1, 0.15) is 18.1 Å². The molecule has 23 heavy (non-hydrogen) atoms. The maximum atomic E-state index is 13.0. The van der Waals surface area contributed by atoms with Crippen LogP contribution in [0, 0.1) is 12.7 Å². The van der Waals surface area contributed by atoms with E-state index in [0.29, 0.717) is 12.3 Å². The van der Waals surface area contributed by atoms with Gasteiger partial charge in [-0.1, -0.05) is 31.2 Å². The second-order valence-corrected chi connectivity index (χ2v) is 5.15. The van der Waals surface area contributed by atoms with Gasteiger partial charge in [-0.15, -0.1) is 0 Å². The molecule has 2 amide bonds. The van der Waals surface area contributed by atoms with Gasteiger partial charge in [0, 0.05) is 11.8 Å². The van der Waals surface area contributed by atoms with E-state index in [9.17, 15) is 9.18 Å². The van der Waals surface area contributed by atoms with Gasteiger partial charge in [0.25, 0.3) is 0 Å². The zero-order valence-electron chi connectivity index (χ0n) is 13.4. The second-order valence-electron chi connectivity index (χ2n) is 5.15. The fourth-order valence-electron chi connectivity index (χ4n) is 2.25. The molecule has 0 spiro atoms. The molecule has 2 rings (SSSR count). The van der Waals surface area contributed by atoms with Crippen molar-refractivity contribution in [3.05, 3.63) is 59.4 Å². The molecule has 0 aliphatic rings. The Morgan fingerprint density at radius 3 is 2.74 bits per heavy atom. The Labute approximate surface area is 135 Å². The Morgan fingerprint density at radius 2 is 2.00 bits per heavy atom. The number of para-hydroxylation sites is 1. The summed E-state index contributed by atoms with van der Waals surface area (Å²) in [5, 5.41) is 5.60. The van der Waals surface area contributed by atoms with Crippen molar-refractivity contribution in [2.75, 3.05) is 18.5 Å². The van der Waals surface area contributed by atoms with Crippen LogP contribution in [0.25, 0.3) is 0 Å². The summed E-state index contributed by atoms with van der Waals surface area (Å²) >= 11 is 0. The van der Waals surface area contributed by atoms with Crippen LogP contribution in [0.5, 0.6) is 5.75 Å². The van der Waals surface area contributed by atoms with Crippen LogP contribution < -0.4 is 15.4 Å². The van der Waals surface area contributed by atoms with Gasteiger partial charge in [-0.25, -0.2) is 9.18 Å². The monoisotopic (exact) mass is 316 g/mol. The largest absolute Gasteiger partial charge is 0.492 e. The summed E-state index contributed by atoms with van der Waals surface area (Å²) in [5.41, 5.74) is 2.96. The first-order valence-electron chi connectivity index (χ1n) is 7.62. The lowest BCUT2D eigenvalue weighted by Gasteiger charge is -2.14. The average molecular weight is 316 g/mol. The van der Waals surface area contributed by atoms with Gasteiger partial charge in [-0.3, -0.25) is 0 Å². The molecule has 0 atom stereocenters. The van der Waals surface area contributed by atoms with E-state index in [1.807, 2.05) is 32.0 Å². The second kappa shape index (κ2) is 8.17. The van der Waals surface area contributed by atoms with Crippen LogP contribution in [-0.4, -0.2) is 19.2 Å². The van der Waals surface area contributed by atoms with Gasteiger partial charge in [-0.2, -0.15) is 0 Å². The number of urea groups is 1. The van der Waals surface area contributed by atoms with Crippen molar-refractivity contribution in [3.63, 3.8) is 0 Å². The van der Waals surface area contributed by atoms with Gasteiger partial charge >= 0.3 is 6.03 Å². The SMILES string of the molecule is CCc1cccc(C)c1NC(=O)NCCOc1cccc(F)c1. The summed E-state index contributed by atoms with van der Waals surface area (Å²) in [7, 11) is 0. The minimum atomic E-state index is -0.347. The molecule has 0 aromatic heterocycles. The molecule has 0 unspecified atom stereocenters. The molecule has 0 aliphatic heterocycles. The third kappa shape index (κ3) is 4.98. The third-order valence-electron chi connectivity index (χ3n) is 3.43. The molecule has 0 aliphatic carbocycles. The standard InChI is InChI=1S/C18H21FN2O2/c1-3-14-7-4-6-13(2)17(14)21-18(22)20-10-11-23-16-9-5-8-15(19)12-16/h4-9,12H,3,10-11H2,1-2H3,(H2,20,21,22). The van der Waals surface area contributed by atoms with Crippen molar-refractivity contribution < 1.29 is 13.9 Å². The molecular weight excluding hydrogens is 295 g/mol. The molecule has 0 radical (unpaired) electrons. The number of ether oxygens (including phenoxy) is 1. The van der Waals surface area contributed by atoms with Crippen LogP contribution in [0.4, 0.5) is 14.9 Å². The highest BCUT2D eigenvalue weighted by Gasteiger charge is 2.08. The average Bonchev–Trinajstić information content (AvgIpc) is 2.53. The summed E-state index contributed by atoms with van der Waals surface area (Å²) in [6, 6.07) is 11.6. The van der Waals surface area contributed by atoms with E-state index in [0.717, 1.165) is 23.2 Å². The lowest BCUT2D eigenvalue weighted by molar-refractivity contribution is 0.247. The summed E-state index contributed by atoms with van der Waals surface area (Å²) in [5.74, 6) is 0.0965. The predicted molar refractivity (Wildman–Crippen MR) is 89.5 cm³/mol. The lowest BCUT2D eigenvalue weighted by atomic mass is 10.1. The Hall–Kier alpha value is -2.56. The van der Waals surface area contributed by atoms with Crippen LogP contribution in [0.3, 0.4) is 0 Å². The van der Waals surface area contributed by atoms with Crippen LogP contribution in [-0.2, 0) is 6.42 Å². The van der Waals surface area contributed by atoms with Crippen molar-refractivity contribution in [2.45, 2.75) is 20.3 Å². The molecule has 0 bridgehead atoms. The summed E-state index contributed by atoms with van der Waals surface area (Å²) in [6.45, 7) is 4.60. The topological polar surface area (TPSA) is 50.4 Å². The number of amides is 2. The summed E-state index contributed by atoms with van der Waals surface area (Å²) < 4.78 is 18.4. The van der Waals surface area contributed by atoms with E-state index in [2.05, 4.69) is 10.6 Å². The smallest absolute Gasteiger partial charge is 0.319 e.